The maximum Gasteiger partial charge on any atom is 0.257 e. The number of fused-ring (bicyclic) bond motifs is 1. The standard InChI is InChI=1S/C18H19N3O3/c22-18(14-4-1-5-16-17(14)24-10-9-23-16)21-8-2-3-13(12-21)15-11-19-6-7-20-15/h1,4-7,11,13H,2-3,8-10,12H2/t13-/m1/s1. The number of aromatic nitrogens is 2. The molecule has 0 unspecified atom stereocenters. The van der Waals surface area contributed by atoms with Crippen LogP contribution in [0.2, 0.25) is 0 Å². The van der Waals surface area contributed by atoms with Crippen molar-refractivity contribution in [3.8, 4) is 11.5 Å². The topological polar surface area (TPSA) is 64.6 Å². The Hall–Kier alpha value is -2.63. The highest BCUT2D eigenvalue weighted by atomic mass is 16.6. The van der Waals surface area contributed by atoms with Crippen LogP contribution in [0.15, 0.2) is 36.8 Å². The molecule has 6 heteroatoms. The van der Waals surface area contributed by atoms with Crippen molar-refractivity contribution in [3.05, 3.63) is 48.0 Å². The zero-order valence-electron chi connectivity index (χ0n) is 13.4. The number of ether oxygens (including phenoxy) is 2. The lowest BCUT2D eigenvalue weighted by atomic mass is 9.94. The van der Waals surface area contributed by atoms with Crippen molar-refractivity contribution in [3.63, 3.8) is 0 Å². The molecule has 0 spiro atoms. The lowest BCUT2D eigenvalue weighted by Gasteiger charge is -2.33. The van der Waals surface area contributed by atoms with Gasteiger partial charge in [0.2, 0.25) is 0 Å². The van der Waals surface area contributed by atoms with E-state index in [4.69, 9.17) is 9.47 Å². The fraction of sp³-hybridized carbons (Fsp3) is 0.389. The summed E-state index contributed by atoms with van der Waals surface area (Å²) in [6, 6.07) is 5.48. The van der Waals surface area contributed by atoms with E-state index in [0.29, 0.717) is 36.8 Å². The molecule has 1 saturated heterocycles. The van der Waals surface area contributed by atoms with E-state index in [1.807, 2.05) is 23.1 Å². The molecule has 2 aliphatic heterocycles. The number of carbonyl (C=O) groups excluding carboxylic acids is 1. The van der Waals surface area contributed by atoms with Gasteiger partial charge in [0, 0.05) is 37.6 Å². The van der Waals surface area contributed by atoms with Gasteiger partial charge in [-0.15, -0.1) is 0 Å². The van der Waals surface area contributed by atoms with Gasteiger partial charge >= 0.3 is 0 Å². The molecule has 1 atom stereocenters. The van der Waals surface area contributed by atoms with Gasteiger partial charge in [0.05, 0.1) is 11.3 Å². The van der Waals surface area contributed by atoms with Crippen LogP contribution in [0.1, 0.15) is 34.8 Å². The Morgan fingerprint density at radius 2 is 2.12 bits per heavy atom. The second kappa shape index (κ2) is 6.47. The van der Waals surface area contributed by atoms with E-state index in [9.17, 15) is 4.79 Å². The number of benzene rings is 1. The van der Waals surface area contributed by atoms with Crippen molar-refractivity contribution in [1.82, 2.24) is 14.9 Å². The molecule has 0 radical (unpaired) electrons. The number of likely N-dealkylation sites (tertiary alicyclic amines) is 1. The third kappa shape index (κ3) is 2.79. The Labute approximate surface area is 140 Å². The van der Waals surface area contributed by atoms with Gasteiger partial charge in [0.1, 0.15) is 13.2 Å². The van der Waals surface area contributed by atoms with Gasteiger partial charge in [0.15, 0.2) is 11.5 Å². The average molecular weight is 325 g/mol. The Kier molecular flexibility index (Phi) is 4.02. The summed E-state index contributed by atoms with van der Waals surface area (Å²) >= 11 is 0. The number of carbonyl (C=O) groups is 1. The summed E-state index contributed by atoms with van der Waals surface area (Å²) in [6.07, 6.45) is 7.14. The van der Waals surface area contributed by atoms with E-state index in [1.54, 1.807) is 18.6 Å². The van der Waals surface area contributed by atoms with Crippen LogP contribution in [0.4, 0.5) is 0 Å². The summed E-state index contributed by atoms with van der Waals surface area (Å²) in [7, 11) is 0. The molecular formula is C18H19N3O3. The predicted octanol–water partition coefficient (Wildman–Crippen LogP) is 2.27. The van der Waals surface area contributed by atoms with Crippen molar-refractivity contribution >= 4 is 5.91 Å². The van der Waals surface area contributed by atoms with Gasteiger partial charge in [-0.1, -0.05) is 6.07 Å². The van der Waals surface area contributed by atoms with Crippen LogP contribution < -0.4 is 9.47 Å². The van der Waals surface area contributed by atoms with E-state index in [1.165, 1.54) is 0 Å². The number of rotatable bonds is 2. The Morgan fingerprint density at radius 1 is 1.21 bits per heavy atom. The lowest BCUT2D eigenvalue weighted by Crippen LogP contribution is -2.39. The monoisotopic (exact) mass is 325 g/mol. The minimum Gasteiger partial charge on any atom is -0.486 e. The van der Waals surface area contributed by atoms with E-state index in [0.717, 1.165) is 25.1 Å². The van der Waals surface area contributed by atoms with Crippen LogP contribution in [-0.4, -0.2) is 47.1 Å². The van der Waals surface area contributed by atoms with E-state index in [2.05, 4.69) is 9.97 Å². The van der Waals surface area contributed by atoms with Gasteiger partial charge in [-0.25, -0.2) is 0 Å². The van der Waals surface area contributed by atoms with Crippen LogP contribution >= 0.6 is 0 Å². The van der Waals surface area contributed by atoms with Gasteiger partial charge < -0.3 is 14.4 Å². The summed E-state index contributed by atoms with van der Waals surface area (Å²) in [6.45, 7) is 2.39. The highest BCUT2D eigenvalue weighted by molar-refractivity contribution is 5.98. The molecule has 0 bridgehead atoms. The molecule has 2 aromatic rings. The number of hydrogen-bond acceptors (Lipinski definition) is 5. The number of piperidine rings is 1. The molecule has 1 fully saturated rings. The maximum absolute atomic E-state index is 13.0. The summed E-state index contributed by atoms with van der Waals surface area (Å²) in [5.41, 5.74) is 1.52. The van der Waals surface area contributed by atoms with E-state index < -0.39 is 0 Å². The normalized spacial score (nSPS) is 19.8. The van der Waals surface area contributed by atoms with Gasteiger partial charge in [-0.05, 0) is 25.0 Å². The van der Waals surface area contributed by atoms with Crippen molar-refractivity contribution in [2.75, 3.05) is 26.3 Å². The quantitative estimate of drug-likeness (QED) is 0.847. The third-order valence-electron chi connectivity index (χ3n) is 4.51. The molecular weight excluding hydrogens is 306 g/mol. The Balaban J connectivity index is 1.56. The SMILES string of the molecule is O=C(c1cccc2c1OCCO2)N1CCC[C@@H](c2cnccn2)C1. The smallest absolute Gasteiger partial charge is 0.257 e. The molecule has 1 aromatic carbocycles. The number of amides is 1. The van der Waals surface area contributed by atoms with Crippen LogP contribution in [0.25, 0.3) is 0 Å². The molecule has 24 heavy (non-hydrogen) atoms. The first-order valence-electron chi connectivity index (χ1n) is 8.27. The minimum absolute atomic E-state index is 0.00839. The van der Waals surface area contributed by atoms with Crippen LogP contribution in [0, 0.1) is 0 Å². The first-order chi connectivity index (χ1) is 11.8. The van der Waals surface area contributed by atoms with Crippen LogP contribution in [0.3, 0.4) is 0 Å². The molecule has 1 amide bonds. The summed E-state index contributed by atoms with van der Waals surface area (Å²) in [5, 5.41) is 0. The second-order valence-corrected chi connectivity index (χ2v) is 6.05. The molecule has 0 aliphatic carbocycles. The summed E-state index contributed by atoms with van der Waals surface area (Å²) < 4.78 is 11.3. The van der Waals surface area contributed by atoms with Gasteiger partial charge in [-0.3, -0.25) is 14.8 Å². The third-order valence-corrected chi connectivity index (χ3v) is 4.51. The highest BCUT2D eigenvalue weighted by Gasteiger charge is 2.29. The Morgan fingerprint density at radius 3 is 3.00 bits per heavy atom. The zero-order chi connectivity index (χ0) is 16.4. The maximum atomic E-state index is 13.0. The van der Waals surface area contributed by atoms with Crippen LogP contribution in [0.5, 0.6) is 11.5 Å². The first-order valence-corrected chi connectivity index (χ1v) is 8.27. The number of hydrogen-bond donors (Lipinski definition) is 0. The largest absolute Gasteiger partial charge is 0.486 e. The first kappa shape index (κ1) is 14.9. The molecule has 3 heterocycles. The van der Waals surface area contributed by atoms with Crippen molar-refractivity contribution < 1.29 is 14.3 Å². The highest BCUT2D eigenvalue weighted by Crippen LogP contribution is 2.35. The van der Waals surface area contributed by atoms with Gasteiger partial charge in [0.25, 0.3) is 5.91 Å². The molecule has 2 aliphatic rings. The fourth-order valence-electron chi connectivity index (χ4n) is 3.34. The van der Waals surface area contributed by atoms with E-state index in [-0.39, 0.29) is 11.8 Å². The lowest BCUT2D eigenvalue weighted by molar-refractivity contribution is 0.0695. The summed E-state index contributed by atoms with van der Waals surface area (Å²) in [4.78, 5) is 23.4. The predicted molar refractivity (Wildman–Crippen MR) is 87.3 cm³/mol. The molecule has 6 nitrogen and oxygen atoms in total. The molecule has 4 rings (SSSR count). The van der Waals surface area contributed by atoms with Gasteiger partial charge in [-0.2, -0.15) is 0 Å². The average Bonchev–Trinajstić information content (AvgIpc) is 2.68. The summed E-state index contributed by atoms with van der Waals surface area (Å²) in [5.74, 6) is 1.43. The van der Waals surface area contributed by atoms with Crippen LogP contribution in [-0.2, 0) is 0 Å². The number of para-hydroxylation sites is 1. The van der Waals surface area contributed by atoms with Crippen molar-refractivity contribution in [2.24, 2.45) is 0 Å². The second-order valence-electron chi connectivity index (χ2n) is 6.05. The molecule has 124 valence electrons. The van der Waals surface area contributed by atoms with Crippen molar-refractivity contribution in [1.29, 1.82) is 0 Å². The molecule has 0 N–H and O–H groups in total. The fourth-order valence-corrected chi connectivity index (χ4v) is 3.34. The number of nitrogens with zero attached hydrogens (tertiary/aromatic N) is 3. The zero-order valence-corrected chi connectivity index (χ0v) is 13.4. The minimum atomic E-state index is -0.00839. The Bertz CT molecular complexity index is 736. The van der Waals surface area contributed by atoms with Crippen molar-refractivity contribution in [2.45, 2.75) is 18.8 Å². The molecule has 0 saturated carbocycles. The molecule has 1 aromatic heterocycles. The van der Waals surface area contributed by atoms with E-state index >= 15 is 0 Å².